The minimum atomic E-state index is -1.04. The molecule has 0 aromatic rings. The number of hydrogen-bond donors (Lipinski definition) is 5. The number of hydrogen-bond acceptors (Lipinski definition) is 4. The van der Waals surface area contributed by atoms with Crippen molar-refractivity contribution in [3.8, 4) is 0 Å². The fourth-order valence-electron chi connectivity index (χ4n) is 0.377. The van der Waals surface area contributed by atoms with Crippen LogP contribution in [-0.2, 0) is 9.59 Å². The lowest BCUT2D eigenvalue weighted by Gasteiger charge is -2.05. The van der Waals surface area contributed by atoms with Crippen LogP contribution in [0.1, 0.15) is 34.1 Å². The number of rotatable bonds is 6. The van der Waals surface area contributed by atoms with E-state index >= 15 is 0 Å². The first-order chi connectivity index (χ1) is 9.18. The van der Waals surface area contributed by atoms with Crippen LogP contribution in [0.15, 0.2) is 0 Å². The largest absolute Gasteiger partial charge is 0.480 e. The molecule has 0 aliphatic carbocycles. The second kappa shape index (κ2) is 17.2. The van der Waals surface area contributed by atoms with E-state index in [1.54, 1.807) is 0 Å². The molecule has 0 spiro atoms. The maximum atomic E-state index is 9.87. The normalized spacial score (nSPS) is 10.1. The number of urea groups is 1. The predicted molar refractivity (Wildman–Crippen MR) is 78.1 cm³/mol. The summed E-state index contributed by atoms with van der Waals surface area (Å²) in [5, 5.41) is 12.2. The molecular formula is C12H28N4O4. The highest BCUT2D eigenvalue weighted by atomic mass is 16.4. The summed E-state index contributed by atoms with van der Waals surface area (Å²) in [5.74, 6) is -0.405. The van der Waals surface area contributed by atoms with Crippen LogP contribution in [0.25, 0.3) is 0 Å². The minimum absolute atomic E-state index is 0.302. The predicted octanol–water partition coefficient (Wildman–Crippen LogP) is -0.129. The van der Waals surface area contributed by atoms with Crippen molar-refractivity contribution in [3.05, 3.63) is 0 Å². The van der Waals surface area contributed by atoms with Gasteiger partial charge in [-0.05, 0) is 19.3 Å². The van der Waals surface area contributed by atoms with Gasteiger partial charge in [-0.25, -0.2) is 4.79 Å². The Morgan fingerprint density at radius 3 is 1.85 bits per heavy atom. The van der Waals surface area contributed by atoms with Gasteiger partial charge in [0.25, 0.3) is 0 Å². The quantitative estimate of drug-likeness (QED) is 0.432. The maximum absolute atomic E-state index is 9.87. The summed E-state index contributed by atoms with van der Waals surface area (Å²) in [6.07, 6.45) is 1.27. The zero-order valence-corrected chi connectivity index (χ0v) is 12.7. The molecule has 0 fully saturated rings. The van der Waals surface area contributed by atoms with Gasteiger partial charge < -0.3 is 27.2 Å². The lowest BCUT2D eigenvalue weighted by Crippen LogP contribution is -2.29. The molecule has 3 amide bonds. The van der Waals surface area contributed by atoms with Crippen molar-refractivity contribution in [1.82, 2.24) is 10.6 Å². The first-order valence-electron chi connectivity index (χ1n) is 6.36. The zero-order chi connectivity index (χ0) is 16.6. The smallest absolute Gasteiger partial charge is 0.322 e. The Labute approximate surface area is 120 Å². The van der Waals surface area contributed by atoms with E-state index in [2.05, 4.69) is 19.2 Å². The highest BCUT2D eigenvalue weighted by Crippen LogP contribution is 1.93. The van der Waals surface area contributed by atoms with Crippen molar-refractivity contribution in [1.29, 1.82) is 0 Å². The molecule has 0 aliphatic rings. The standard InChI is InChI=1S/C5H13N.C4H10N2O.C3H5NO3/c1-4(2)5(3)6;1-2-3-6-4(5)7;5-2-4-1-3(6)7/h4-5H,6H2,1-3H3;2-3H2,1H3,(H3,5,6,7);2H,1H2,(H,4,5)(H,6,7). The Hall–Kier alpha value is -1.83. The number of nitrogens with one attached hydrogen (secondary N) is 2. The van der Waals surface area contributed by atoms with Gasteiger partial charge in [0, 0.05) is 12.6 Å². The highest BCUT2D eigenvalue weighted by molar-refractivity contribution is 5.71. The summed E-state index contributed by atoms with van der Waals surface area (Å²) in [6, 6.07) is -0.0909. The fraction of sp³-hybridized carbons (Fsp3) is 0.750. The van der Waals surface area contributed by atoms with E-state index in [0.717, 1.165) is 6.42 Å². The second-order valence-electron chi connectivity index (χ2n) is 4.29. The molecule has 0 aromatic carbocycles. The number of carboxylic acid groups (broad SMARTS) is 1. The van der Waals surface area contributed by atoms with Crippen LogP contribution in [0.4, 0.5) is 4.79 Å². The lowest BCUT2D eigenvalue weighted by molar-refractivity contribution is -0.136. The molecule has 0 bridgehead atoms. The third kappa shape index (κ3) is 36.0. The first-order valence-corrected chi connectivity index (χ1v) is 6.36. The van der Waals surface area contributed by atoms with Crippen LogP contribution >= 0.6 is 0 Å². The average Bonchev–Trinajstić information content (AvgIpc) is 2.35. The van der Waals surface area contributed by atoms with Gasteiger partial charge in [-0.15, -0.1) is 0 Å². The van der Waals surface area contributed by atoms with Crippen LogP contribution in [0, 0.1) is 5.92 Å². The Morgan fingerprint density at radius 1 is 1.30 bits per heavy atom. The molecule has 0 saturated carbocycles. The van der Waals surface area contributed by atoms with E-state index in [1.807, 2.05) is 19.2 Å². The first kappa shape index (κ1) is 23.3. The second-order valence-corrected chi connectivity index (χ2v) is 4.29. The van der Waals surface area contributed by atoms with Gasteiger partial charge in [-0.2, -0.15) is 0 Å². The summed E-state index contributed by atoms with van der Waals surface area (Å²) in [7, 11) is 0. The maximum Gasteiger partial charge on any atom is 0.322 e. The van der Waals surface area contributed by atoms with E-state index in [9.17, 15) is 14.4 Å². The van der Waals surface area contributed by atoms with Crippen molar-refractivity contribution >= 4 is 18.4 Å². The van der Waals surface area contributed by atoms with Crippen LogP contribution in [0.5, 0.6) is 0 Å². The van der Waals surface area contributed by atoms with Gasteiger partial charge in [0.1, 0.15) is 6.54 Å². The van der Waals surface area contributed by atoms with E-state index in [0.29, 0.717) is 24.9 Å². The van der Waals surface area contributed by atoms with Gasteiger partial charge in [-0.3, -0.25) is 9.59 Å². The topological polar surface area (TPSA) is 148 Å². The number of aliphatic carboxylic acids is 1. The summed E-state index contributed by atoms with van der Waals surface area (Å²) >= 11 is 0. The molecule has 8 heteroatoms. The average molecular weight is 292 g/mol. The molecule has 120 valence electrons. The molecule has 0 aromatic heterocycles. The van der Waals surface area contributed by atoms with Crippen molar-refractivity contribution in [2.45, 2.75) is 40.2 Å². The molecule has 0 heterocycles. The summed E-state index contributed by atoms with van der Waals surface area (Å²) in [4.78, 5) is 28.7. The van der Waals surface area contributed by atoms with Crippen LogP contribution < -0.4 is 22.1 Å². The highest BCUT2D eigenvalue weighted by Gasteiger charge is 1.95. The van der Waals surface area contributed by atoms with E-state index in [4.69, 9.17) is 16.6 Å². The Morgan fingerprint density at radius 2 is 1.75 bits per heavy atom. The molecular weight excluding hydrogens is 264 g/mol. The molecule has 1 atom stereocenters. The molecule has 0 saturated heterocycles. The van der Waals surface area contributed by atoms with Crippen LogP contribution in [0.3, 0.4) is 0 Å². The van der Waals surface area contributed by atoms with Crippen molar-refractivity contribution in [2.75, 3.05) is 13.1 Å². The van der Waals surface area contributed by atoms with E-state index in [1.165, 1.54) is 0 Å². The molecule has 8 nitrogen and oxygen atoms in total. The molecule has 20 heavy (non-hydrogen) atoms. The van der Waals surface area contributed by atoms with Gasteiger partial charge in [0.05, 0.1) is 0 Å². The fourth-order valence-corrected chi connectivity index (χ4v) is 0.377. The molecule has 0 rings (SSSR count). The zero-order valence-electron chi connectivity index (χ0n) is 12.7. The molecule has 0 aliphatic heterocycles. The molecule has 7 N–H and O–H groups in total. The van der Waals surface area contributed by atoms with Crippen molar-refractivity contribution in [2.24, 2.45) is 17.4 Å². The number of amides is 3. The number of primary amides is 1. The van der Waals surface area contributed by atoms with Crippen molar-refractivity contribution in [3.63, 3.8) is 0 Å². The van der Waals surface area contributed by atoms with Crippen LogP contribution in [0.2, 0.25) is 0 Å². The number of carbonyl (C=O) groups excluding carboxylic acids is 2. The Balaban J connectivity index is -0.000000218. The van der Waals surface area contributed by atoms with Gasteiger partial charge >= 0.3 is 12.0 Å². The number of carboxylic acids is 1. The van der Waals surface area contributed by atoms with Crippen LogP contribution in [-0.4, -0.2) is 42.6 Å². The van der Waals surface area contributed by atoms with E-state index < -0.39 is 12.0 Å². The summed E-state index contributed by atoms with van der Waals surface area (Å²) in [6.45, 7) is 8.59. The Bertz CT molecular complexity index is 252. The minimum Gasteiger partial charge on any atom is -0.480 e. The Kier molecular flexibility index (Phi) is 20.0. The third-order valence-corrected chi connectivity index (χ3v) is 1.94. The number of nitrogens with two attached hydrogens (primary N) is 2. The number of carbonyl (C=O) groups is 3. The summed E-state index contributed by atoms with van der Waals surface area (Å²) in [5.41, 5.74) is 10.2. The third-order valence-electron chi connectivity index (χ3n) is 1.94. The van der Waals surface area contributed by atoms with E-state index in [-0.39, 0.29) is 6.54 Å². The molecule has 0 radical (unpaired) electrons. The monoisotopic (exact) mass is 292 g/mol. The lowest BCUT2D eigenvalue weighted by atomic mass is 10.1. The molecule has 1 unspecified atom stereocenters. The van der Waals surface area contributed by atoms with Gasteiger partial charge in [0.2, 0.25) is 6.41 Å². The van der Waals surface area contributed by atoms with Gasteiger partial charge in [-0.1, -0.05) is 20.8 Å². The van der Waals surface area contributed by atoms with Gasteiger partial charge in [0.15, 0.2) is 0 Å². The summed E-state index contributed by atoms with van der Waals surface area (Å²) < 4.78 is 0. The van der Waals surface area contributed by atoms with Crippen molar-refractivity contribution < 1.29 is 19.5 Å². The SMILES string of the molecule is CC(C)C(C)N.CCCNC(N)=O.O=CNCC(=O)O.